The van der Waals surface area contributed by atoms with E-state index in [4.69, 9.17) is 4.74 Å². The lowest BCUT2D eigenvalue weighted by atomic mass is 9.91. The number of para-hydroxylation sites is 2. The molecule has 0 spiro atoms. The molecular weight excluding hydrogens is 312 g/mol. The van der Waals surface area contributed by atoms with Crippen LogP contribution in [-0.4, -0.2) is 43.6 Å². The van der Waals surface area contributed by atoms with E-state index in [1.54, 1.807) is 0 Å². The lowest BCUT2D eigenvalue weighted by molar-refractivity contribution is -0.121. The summed E-state index contributed by atoms with van der Waals surface area (Å²) in [6, 6.07) is 7.86. The second-order valence-electron chi connectivity index (χ2n) is 7.75. The van der Waals surface area contributed by atoms with E-state index in [0.717, 1.165) is 30.4 Å². The highest BCUT2D eigenvalue weighted by molar-refractivity contribution is 5.97. The molecule has 1 saturated heterocycles. The first kappa shape index (κ1) is 18.2. The first-order chi connectivity index (χ1) is 12.2. The number of carbonyl (C=O) groups is 1. The van der Waals surface area contributed by atoms with Crippen LogP contribution in [-0.2, 0) is 4.79 Å². The van der Waals surface area contributed by atoms with Gasteiger partial charge in [-0.1, -0.05) is 45.2 Å². The summed E-state index contributed by atoms with van der Waals surface area (Å²) in [7, 11) is 0. The molecule has 1 fully saturated rings. The largest absolute Gasteiger partial charge is 0.482 e. The number of nitrogens with zero attached hydrogens (tertiary/aromatic N) is 2. The summed E-state index contributed by atoms with van der Waals surface area (Å²) >= 11 is 0. The van der Waals surface area contributed by atoms with Gasteiger partial charge in [0.2, 0.25) is 0 Å². The molecule has 0 bridgehead atoms. The number of hydrogen-bond acceptors (Lipinski definition) is 3. The highest BCUT2D eigenvalue weighted by Gasteiger charge is 2.27. The Hall–Kier alpha value is -1.55. The fourth-order valence-corrected chi connectivity index (χ4v) is 4.11. The standard InChI is InChI=1S/C21H32N2O2/c1-3-4-7-18-10-12-22(13-11-18)14-17(2)15-23-19-8-5-6-9-20(19)25-16-21(23)24/h5-6,8-9,17-18H,3-4,7,10-16H2,1-2H3/t17-/m1/s1. The molecular formula is C21H32N2O2. The van der Waals surface area contributed by atoms with Crippen LogP contribution in [0, 0.1) is 11.8 Å². The van der Waals surface area contributed by atoms with Crippen LogP contribution < -0.4 is 9.64 Å². The Morgan fingerprint density at radius 2 is 1.96 bits per heavy atom. The van der Waals surface area contributed by atoms with Gasteiger partial charge >= 0.3 is 0 Å². The Bertz CT molecular complexity index is 567. The third kappa shape index (κ3) is 4.75. The maximum atomic E-state index is 12.3. The molecule has 0 aliphatic carbocycles. The molecule has 4 nitrogen and oxygen atoms in total. The molecule has 2 heterocycles. The molecule has 3 rings (SSSR count). The second-order valence-corrected chi connectivity index (χ2v) is 7.75. The van der Waals surface area contributed by atoms with Crippen LogP contribution in [0.5, 0.6) is 5.75 Å². The summed E-state index contributed by atoms with van der Waals surface area (Å²) in [5.41, 5.74) is 0.920. The van der Waals surface area contributed by atoms with E-state index in [9.17, 15) is 4.79 Å². The van der Waals surface area contributed by atoms with Crippen LogP contribution in [0.4, 0.5) is 5.69 Å². The third-order valence-corrected chi connectivity index (χ3v) is 5.55. The normalized spacial score (nSPS) is 20.2. The average Bonchev–Trinajstić information content (AvgIpc) is 2.63. The zero-order chi connectivity index (χ0) is 17.6. The van der Waals surface area contributed by atoms with Crippen molar-refractivity contribution in [2.24, 2.45) is 11.8 Å². The zero-order valence-corrected chi connectivity index (χ0v) is 15.7. The van der Waals surface area contributed by atoms with Gasteiger partial charge in [-0.2, -0.15) is 0 Å². The van der Waals surface area contributed by atoms with E-state index in [0.29, 0.717) is 5.92 Å². The number of ether oxygens (including phenoxy) is 1. The van der Waals surface area contributed by atoms with E-state index in [1.165, 1.54) is 45.2 Å². The van der Waals surface area contributed by atoms with Gasteiger partial charge < -0.3 is 14.5 Å². The predicted octanol–water partition coefficient (Wildman–Crippen LogP) is 3.95. The van der Waals surface area contributed by atoms with Crippen molar-refractivity contribution in [3.05, 3.63) is 24.3 Å². The van der Waals surface area contributed by atoms with Gasteiger partial charge in [0.05, 0.1) is 5.69 Å². The lowest BCUT2D eigenvalue weighted by Gasteiger charge is -2.36. The predicted molar refractivity (Wildman–Crippen MR) is 102 cm³/mol. The molecule has 2 aliphatic rings. The second kappa shape index (κ2) is 8.70. The Labute approximate surface area is 152 Å². The zero-order valence-electron chi connectivity index (χ0n) is 15.7. The van der Waals surface area contributed by atoms with E-state index in [-0.39, 0.29) is 12.5 Å². The number of piperidine rings is 1. The molecule has 25 heavy (non-hydrogen) atoms. The van der Waals surface area contributed by atoms with Gasteiger partial charge in [-0.25, -0.2) is 0 Å². The summed E-state index contributed by atoms with van der Waals surface area (Å²) in [6.07, 6.45) is 6.77. The molecule has 0 saturated carbocycles. The number of unbranched alkanes of at least 4 members (excludes halogenated alkanes) is 1. The van der Waals surface area contributed by atoms with Crippen molar-refractivity contribution in [1.82, 2.24) is 4.90 Å². The molecule has 1 amide bonds. The number of benzene rings is 1. The average molecular weight is 344 g/mol. The van der Waals surface area contributed by atoms with Crippen LogP contribution in [0.3, 0.4) is 0 Å². The highest BCUT2D eigenvalue weighted by atomic mass is 16.5. The molecule has 4 heteroatoms. The number of likely N-dealkylation sites (tertiary alicyclic amines) is 1. The highest BCUT2D eigenvalue weighted by Crippen LogP contribution is 2.32. The topological polar surface area (TPSA) is 32.8 Å². The number of fused-ring (bicyclic) bond motifs is 1. The Morgan fingerprint density at radius 3 is 2.72 bits per heavy atom. The summed E-state index contributed by atoms with van der Waals surface area (Å²) in [4.78, 5) is 16.8. The van der Waals surface area contributed by atoms with Crippen molar-refractivity contribution in [3.8, 4) is 5.75 Å². The fraction of sp³-hybridized carbons (Fsp3) is 0.667. The Morgan fingerprint density at radius 1 is 1.20 bits per heavy atom. The smallest absolute Gasteiger partial charge is 0.265 e. The van der Waals surface area contributed by atoms with Crippen molar-refractivity contribution in [2.75, 3.05) is 37.7 Å². The van der Waals surface area contributed by atoms with E-state index in [2.05, 4.69) is 18.7 Å². The van der Waals surface area contributed by atoms with Crippen LogP contribution >= 0.6 is 0 Å². The first-order valence-electron chi connectivity index (χ1n) is 9.92. The van der Waals surface area contributed by atoms with Crippen LogP contribution in [0.2, 0.25) is 0 Å². The van der Waals surface area contributed by atoms with E-state index < -0.39 is 0 Å². The van der Waals surface area contributed by atoms with E-state index >= 15 is 0 Å². The number of amides is 1. The SMILES string of the molecule is CCCCC1CCN(C[C@@H](C)CN2C(=O)COc3ccccc32)CC1. The number of anilines is 1. The number of rotatable bonds is 7. The molecule has 138 valence electrons. The fourth-order valence-electron chi connectivity index (χ4n) is 4.11. The molecule has 0 aromatic heterocycles. The summed E-state index contributed by atoms with van der Waals surface area (Å²) in [5.74, 6) is 2.29. The lowest BCUT2D eigenvalue weighted by Crippen LogP contribution is -2.44. The molecule has 0 N–H and O–H groups in total. The molecule has 1 atom stereocenters. The van der Waals surface area contributed by atoms with Crippen molar-refractivity contribution in [1.29, 1.82) is 0 Å². The number of carbonyl (C=O) groups excluding carboxylic acids is 1. The van der Waals surface area contributed by atoms with Gasteiger partial charge in [-0.15, -0.1) is 0 Å². The molecule has 1 aromatic carbocycles. The van der Waals surface area contributed by atoms with Gasteiger partial charge in [-0.05, 0) is 49.9 Å². The summed E-state index contributed by atoms with van der Waals surface area (Å²) in [6.45, 7) is 8.98. The monoisotopic (exact) mass is 344 g/mol. The molecule has 0 unspecified atom stereocenters. The maximum absolute atomic E-state index is 12.3. The third-order valence-electron chi connectivity index (χ3n) is 5.55. The van der Waals surface area contributed by atoms with Crippen LogP contribution in [0.25, 0.3) is 0 Å². The van der Waals surface area contributed by atoms with E-state index in [1.807, 2.05) is 29.2 Å². The van der Waals surface area contributed by atoms with Crippen LogP contribution in [0.15, 0.2) is 24.3 Å². The van der Waals surface area contributed by atoms with Crippen molar-refractivity contribution in [2.45, 2.75) is 46.0 Å². The van der Waals surface area contributed by atoms with Gasteiger partial charge in [0.1, 0.15) is 5.75 Å². The van der Waals surface area contributed by atoms with Gasteiger partial charge in [0, 0.05) is 13.1 Å². The van der Waals surface area contributed by atoms with Crippen molar-refractivity contribution in [3.63, 3.8) is 0 Å². The van der Waals surface area contributed by atoms with Crippen molar-refractivity contribution < 1.29 is 9.53 Å². The van der Waals surface area contributed by atoms with Gasteiger partial charge in [0.25, 0.3) is 5.91 Å². The molecule has 1 aromatic rings. The molecule has 0 radical (unpaired) electrons. The minimum Gasteiger partial charge on any atom is -0.482 e. The summed E-state index contributed by atoms with van der Waals surface area (Å²) < 4.78 is 5.54. The molecule has 2 aliphatic heterocycles. The Balaban J connectivity index is 1.50. The quantitative estimate of drug-likeness (QED) is 0.751. The number of hydrogen-bond donors (Lipinski definition) is 0. The minimum atomic E-state index is 0.0730. The van der Waals surface area contributed by atoms with Crippen LogP contribution in [0.1, 0.15) is 46.0 Å². The summed E-state index contributed by atoms with van der Waals surface area (Å²) in [5, 5.41) is 0. The Kier molecular flexibility index (Phi) is 6.35. The minimum absolute atomic E-state index is 0.0730. The first-order valence-corrected chi connectivity index (χ1v) is 9.92. The van der Waals surface area contributed by atoms with Gasteiger partial charge in [-0.3, -0.25) is 4.79 Å². The van der Waals surface area contributed by atoms with Crippen molar-refractivity contribution >= 4 is 11.6 Å². The maximum Gasteiger partial charge on any atom is 0.265 e. The van der Waals surface area contributed by atoms with Gasteiger partial charge in [0.15, 0.2) is 6.61 Å².